The van der Waals surface area contributed by atoms with Gasteiger partial charge in [0.2, 0.25) is 11.8 Å². The molecule has 6 nitrogen and oxygen atoms in total. The van der Waals surface area contributed by atoms with E-state index < -0.39 is 0 Å². The zero-order valence-corrected chi connectivity index (χ0v) is 17.4. The van der Waals surface area contributed by atoms with Gasteiger partial charge in [0, 0.05) is 24.7 Å². The number of carbonyl (C=O) groups excluding carboxylic acids is 2. The van der Waals surface area contributed by atoms with E-state index in [1.54, 1.807) is 19.4 Å². The van der Waals surface area contributed by atoms with E-state index in [1.165, 1.54) is 0 Å². The van der Waals surface area contributed by atoms with Crippen molar-refractivity contribution in [2.45, 2.75) is 45.6 Å². The molecule has 1 aromatic heterocycles. The summed E-state index contributed by atoms with van der Waals surface area (Å²) < 4.78 is 5.56. The number of likely N-dealkylation sites (tertiary alicyclic amines) is 1. The number of carbonyl (C=O) groups is 2. The highest BCUT2D eigenvalue weighted by Crippen LogP contribution is 2.41. The van der Waals surface area contributed by atoms with E-state index >= 15 is 0 Å². The molecule has 2 heterocycles. The molecule has 1 aliphatic rings. The van der Waals surface area contributed by atoms with Crippen molar-refractivity contribution in [2.24, 2.45) is 5.92 Å². The molecule has 0 aliphatic carbocycles. The number of unbranched alkanes of at least 4 members (excludes halogenated alkanes) is 1. The molecule has 1 aromatic carbocycles. The van der Waals surface area contributed by atoms with Gasteiger partial charge in [-0.25, -0.2) is 4.98 Å². The summed E-state index contributed by atoms with van der Waals surface area (Å²) >= 11 is 0. The number of hydrogen-bond donors (Lipinski definition) is 1. The molecule has 1 N–H and O–H groups in total. The van der Waals surface area contributed by atoms with Crippen LogP contribution in [0.1, 0.15) is 49.8 Å². The second-order valence-electron chi connectivity index (χ2n) is 7.48. The van der Waals surface area contributed by atoms with Gasteiger partial charge in [0.15, 0.2) is 0 Å². The van der Waals surface area contributed by atoms with Gasteiger partial charge in [-0.2, -0.15) is 0 Å². The molecular formula is C23H29N3O3. The lowest BCUT2D eigenvalue weighted by molar-refractivity contribution is -0.142. The second-order valence-corrected chi connectivity index (χ2v) is 7.48. The molecule has 0 bridgehead atoms. The summed E-state index contributed by atoms with van der Waals surface area (Å²) in [6.45, 7) is 4.68. The zero-order valence-electron chi connectivity index (χ0n) is 17.4. The number of methoxy groups -OCH3 is 1. The van der Waals surface area contributed by atoms with Crippen molar-refractivity contribution >= 4 is 17.6 Å². The number of nitrogens with zero attached hydrogens (tertiary/aromatic N) is 2. The Morgan fingerprint density at radius 3 is 2.76 bits per heavy atom. The molecule has 0 unspecified atom stereocenters. The van der Waals surface area contributed by atoms with E-state index in [0.29, 0.717) is 31.0 Å². The SMILES string of the molecule is CCCCN1C(=O)CC[C@@H](C(=O)Nc2ccc(C)cn2)[C@H]1c1ccccc1OC. The van der Waals surface area contributed by atoms with Crippen LogP contribution in [0.25, 0.3) is 0 Å². The van der Waals surface area contributed by atoms with Crippen LogP contribution in [-0.4, -0.2) is 35.4 Å². The summed E-state index contributed by atoms with van der Waals surface area (Å²) in [5, 5.41) is 2.94. The smallest absolute Gasteiger partial charge is 0.231 e. The Morgan fingerprint density at radius 1 is 1.28 bits per heavy atom. The van der Waals surface area contributed by atoms with Crippen molar-refractivity contribution in [3.05, 3.63) is 53.7 Å². The highest BCUT2D eigenvalue weighted by molar-refractivity contribution is 5.94. The lowest BCUT2D eigenvalue weighted by Gasteiger charge is -2.41. The number of aryl methyl sites for hydroxylation is 1. The first kappa shape index (κ1) is 20.8. The van der Waals surface area contributed by atoms with E-state index in [0.717, 1.165) is 24.0 Å². The van der Waals surface area contributed by atoms with Gasteiger partial charge in [0.05, 0.1) is 19.1 Å². The lowest BCUT2D eigenvalue weighted by Crippen LogP contribution is -2.47. The van der Waals surface area contributed by atoms with Crippen LogP contribution in [0.15, 0.2) is 42.6 Å². The standard InChI is InChI=1S/C23H29N3O3/c1-4-5-14-26-21(27)13-11-18(22(26)17-8-6-7-9-19(17)29-3)23(28)25-20-12-10-16(2)15-24-20/h6-10,12,15,18,22H,4-5,11,13-14H2,1-3H3,(H,24,25,28)/t18-,22-/m1/s1. The van der Waals surface area contributed by atoms with E-state index in [4.69, 9.17) is 4.74 Å². The lowest BCUT2D eigenvalue weighted by atomic mass is 9.83. The van der Waals surface area contributed by atoms with Crippen molar-refractivity contribution in [3.8, 4) is 5.75 Å². The fraction of sp³-hybridized carbons (Fsp3) is 0.435. The molecule has 1 saturated heterocycles. The average Bonchev–Trinajstić information content (AvgIpc) is 2.74. The maximum Gasteiger partial charge on any atom is 0.231 e. The van der Waals surface area contributed by atoms with Crippen LogP contribution in [0.5, 0.6) is 5.75 Å². The first-order chi connectivity index (χ1) is 14.0. The molecule has 0 spiro atoms. The third-order valence-corrected chi connectivity index (χ3v) is 5.42. The zero-order chi connectivity index (χ0) is 20.8. The van der Waals surface area contributed by atoms with Crippen molar-refractivity contribution in [1.29, 1.82) is 0 Å². The molecule has 2 amide bonds. The second kappa shape index (κ2) is 9.54. The number of ether oxygens (including phenoxy) is 1. The topological polar surface area (TPSA) is 71.5 Å². The Labute approximate surface area is 172 Å². The minimum Gasteiger partial charge on any atom is -0.496 e. The molecule has 154 valence electrons. The van der Waals surface area contributed by atoms with Gasteiger partial charge >= 0.3 is 0 Å². The molecule has 0 radical (unpaired) electrons. The molecule has 0 saturated carbocycles. The Bertz CT molecular complexity index is 851. The summed E-state index contributed by atoms with van der Waals surface area (Å²) in [7, 11) is 1.62. The summed E-state index contributed by atoms with van der Waals surface area (Å²) in [6, 6.07) is 11.0. The molecule has 2 aromatic rings. The third-order valence-electron chi connectivity index (χ3n) is 5.42. The minimum atomic E-state index is -0.371. The number of aromatic nitrogens is 1. The van der Waals surface area contributed by atoms with Crippen molar-refractivity contribution in [2.75, 3.05) is 19.0 Å². The first-order valence-corrected chi connectivity index (χ1v) is 10.2. The molecule has 1 aliphatic heterocycles. The number of piperidine rings is 1. The number of para-hydroxylation sites is 1. The Hall–Kier alpha value is -2.89. The fourth-order valence-corrected chi connectivity index (χ4v) is 3.88. The Balaban J connectivity index is 1.94. The summed E-state index contributed by atoms with van der Waals surface area (Å²) in [6.07, 6.45) is 4.47. The van der Waals surface area contributed by atoms with Gasteiger partial charge in [-0.15, -0.1) is 0 Å². The van der Waals surface area contributed by atoms with E-state index in [-0.39, 0.29) is 23.8 Å². The summed E-state index contributed by atoms with van der Waals surface area (Å²) in [4.78, 5) is 32.2. The quantitative estimate of drug-likeness (QED) is 0.766. The highest BCUT2D eigenvalue weighted by atomic mass is 16.5. The van der Waals surface area contributed by atoms with E-state index in [9.17, 15) is 9.59 Å². The largest absolute Gasteiger partial charge is 0.496 e. The maximum atomic E-state index is 13.2. The van der Waals surface area contributed by atoms with Crippen molar-refractivity contribution < 1.29 is 14.3 Å². The van der Waals surface area contributed by atoms with Crippen LogP contribution < -0.4 is 10.1 Å². The van der Waals surface area contributed by atoms with Crippen LogP contribution in [0.3, 0.4) is 0 Å². The minimum absolute atomic E-state index is 0.0897. The van der Waals surface area contributed by atoms with Crippen LogP contribution in [0, 0.1) is 12.8 Å². The van der Waals surface area contributed by atoms with Crippen LogP contribution in [0.4, 0.5) is 5.82 Å². The number of amides is 2. The van der Waals surface area contributed by atoms with E-state index in [1.807, 2.05) is 42.2 Å². The predicted octanol–water partition coefficient (Wildman–Crippen LogP) is 4.12. The predicted molar refractivity (Wildman–Crippen MR) is 113 cm³/mol. The summed E-state index contributed by atoms with van der Waals surface area (Å²) in [5.74, 6) is 0.818. The van der Waals surface area contributed by atoms with Crippen molar-refractivity contribution in [3.63, 3.8) is 0 Å². The molecular weight excluding hydrogens is 366 g/mol. The normalized spacial score (nSPS) is 19.1. The number of rotatable bonds is 7. The van der Waals surface area contributed by atoms with Gasteiger partial charge in [0.1, 0.15) is 11.6 Å². The van der Waals surface area contributed by atoms with Gasteiger partial charge in [-0.3, -0.25) is 9.59 Å². The van der Waals surface area contributed by atoms with Gasteiger partial charge in [-0.1, -0.05) is 37.6 Å². The fourth-order valence-electron chi connectivity index (χ4n) is 3.88. The molecule has 2 atom stereocenters. The average molecular weight is 396 g/mol. The molecule has 6 heteroatoms. The number of pyridine rings is 1. The maximum absolute atomic E-state index is 13.2. The van der Waals surface area contributed by atoms with Gasteiger partial charge in [0.25, 0.3) is 0 Å². The molecule has 29 heavy (non-hydrogen) atoms. The van der Waals surface area contributed by atoms with E-state index in [2.05, 4.69) is 17.2 Å². The first-order valence-electron chi connectivity index (χ1n) is 10.2. The van der Waals surface area contributed by atoms with Crippen LogP contribution in [0.2, 0.25) is 0 Å². The number of hydrogen-bond acceptors (Lipinski definition) is 4. The van der Waals surface area contributed by atoms with Crippen molar-refractivity contribution in [1.82, 2.24) is 9.88 Å². The third kappa shape index (κ3) is 4.75. The molecule has 1 fully saturated rings. The summed E-state index contributed by atoms with van der Waals surface area (Å²) in [5.41, 5.74) is 1.90. The Morgan fingerprint density at radius 2 is 2.07 bits per heavy atom. The van der Waals surface area contributed by atoms with Gasteiger partial charge in [-0.05, 0) is 37.5 Å². The number of anilines is 1. The van der Waals surface area contributed by atoms with Crippen LogP contribution >= 0.6 is 0 Å². The highest BCUT2D eigenvalue weighted by Gasteiger charge is 2.41. The van der Waals surface area contributed by atoms with Crippen LogP contribution in [-0.2, 0) is 9.59 Å². The Kier molecular flexibility index (Phi) is 6.86. The monoisotopic (exact) mass is 395 g/mol. The number of nitrogens with one attached hydrogen (secondary N) is 1. The number of benzene rings is 1. The molecule has 3 rings (SSSR count). The van der Waals surface area contributed by atoms with Gasteiger partial charge < -0.3 is 15.0 Å².